The summed E-state index contributed by atoms with van der Waals surface area (Å²) in [5, 5.41) is 10.1. The van der Waals surface area contributed by atoms with Crippen LogP contribution in [0.5, 0.6) is 11.5 Å². The van der Waals surface area contributed by atoms with Gasteiger partial charge >= 0.3 is 0 Å². The fourth-order valence-electron chi connectivity index (χ4n) is 4.33. The Morgan fingerprint density at radius 2 is 1.88 bits per heavy atom. The maximum Gasteiger partial charge on any atom is 0.247 e. The van der Waals surface area contributed by atoms with Crippen LogP contribution >= 0.6 is 18.7 Å². The van der Waals surface area contributed by atoms with Crippen molar-refractivity contribution in [2.45, 2.75) is 12.8 Å². The average Bonchev–Trinajstić information content (AvgIpc) is 3.45. The monoisotopic (exact) mass is 584 g/mol. The summed E-state index contributed by atoms with van der Waals surface area (Å²) in [7, 11) is -1.02. The van der Waals surface area contributed by atoms with E-state index in [1.54, 1.807) is 25.5 Å². The summed E-state index contributed by atoms with van der Waals surface area (Å²) in [6.07, 6.45) is 5.05. The van der Waals surface area contributed by atoms with Crippen molar-refractivity contribution in [3.63, 3.8) is 0 Å². The summed E-state index contributed by atoms with van der Waals surface area (Å²) in [6.45, 7) is 10.3. The van der Waals surface area contributed by atoms with Gasteiger partial charge < -0.3 is 30.0 Å². The minimum Gasteiger partial charge on any atom is -0.494 e. The van der Waals surface area contributed by atoms with E-state index in [0.29, 0.717) is 46.3 Å². The number of para-hydroxylation sites is 1. The fourth-order valence-corrected chi connectivity index (χ4v) is 5.63. The molecule has 1 fully saturated rings. The van der Waals surface area contributed by atoms with E-state index in [1.807, 2.05) is 24.3 Å². The van der Waals surface area contributed by atoms with Gasteiger partial charge in [0.05, 0.1) is 30.4 Å². The number of carbonyl (C=O) groups excluding carboxylic acids is 1. The van der Waals surface area contributed by atoms with E-state index < -0.39 is 7.14 Å². The molecule has 40 heavy (non-hydrogen) atoms. The molecule has 0 radical (unpaired) electrons. The number of amides is 1. The minimum absolute atomic E-state index is 0.225. The quantitative estimate of drug-likeness (QED) is 0.188. The Labute approximate surface area is 239 Å². The number of carbonyl (C=O) groups is 1. The first-order valence-corrected chi connectivity index (χ1v) is 15.9. The predicted molar refractivity (Wildman–Crippen MR) is 162 cm³/mol. The van der Waals surface area contributed by atoms with Crippen molar-refractivity contribution in [2.75, 3.05) is 62.6 Å². The number of methoxy groups -OCH3 is 1. The number of aromatic nitrogens is 2. The summed E-state index contributed by atoms with van der Waals surface area (Å²) in [5.41, 5.74) is 1.58. The number of benzene rings is 2. The first kappa shape index (κ1) is 29.4. The predicted octanol–water partition coefficient (Wildman–Crippen LogP) is 5.47. The lowest BCUT2D eigenvalue weighted by atomic mass is 10.2. The summed E-state index contributed by atoms with van der Waals surface area (Å²) >= 11 is 6.40. The largest absolute Gasteiger partial charge is 0.494 e. The van der Waals surface area contributed by atoms with E-state index in [-0.39, 0.29) is 16.9 Å². The topological polar surface area (TPSA) is 118 Å². The van der Waals surface area contributed by atoms with Crippen molar-refractivity contribution < 1.29 is 18.8 Å². The van der Waals surface area contributed by atoms with E-state index in [4.69, 9.17) is 21.1 Å². The lowest BCUT2D eigenvalue weighted by Gasteiger charge is -2.19. The van der Waals surface area contributed by atoms with Crippen molar-refractivity contribution >= 4 is 58.8 Å². The molecule has 1 aromatic heterocycles. The van der Waals surface area contributed by atoms with Crippen LogP contribution in [0.2, 0.25) is 5.02 Å². The molecule has 2 heterocycles. The van der Waals surface area contributed by atoms with Crippen molar-refractivity contribution in [3.05, 3.63) is 60.3 Å². The van der Waals surface area contributed by atoms with Gasteiger partial charge in [0.25, 0.3) is 0 Å². The highest BCUT2D eigenvalue weighted by molar-refractivity contribution is 7.70. The smallest absolute Gasteiger partial charge is 0.247 e. The van der Waals surface area contributed by atoms with Crippen molar-refractivity contribution in [2.24, 2.45) is 0 Å². The van der Waals surface area contributed by atoms with Crippen LogP contribution in [0.3, 0.4) is 0 Å². The molecule has 1 aliphatic heterocycles. The summed E-state index contributed by atoms with van der Waals surface area (Å²) in [4.78, 5) is 23.4. The molecule has 1 amide bonds. The van der Waals surface area contributed by atoms with Gasteiger partial charge in [0.1, 0.15) is 30.3 Å². The number of nitrogens with one attached hydrogen (secondary N) is 3. The maximum atomic E-state index is 12.8. The van der Waals surface area contributed by atoms with Crippen LogP contribution in [0, 0.1) is 0 Å². The second-order valence-electron chi connectivity index (χ2n) is 9.65. The molecule has 3 aromatic rings. The summed E-state index contributed by atoms with van der Waals surface area (Å²) < 4.78 is 24.5. The Morgan fingerprint density at radius 3 is 2.58 bits per heavy atom. The van der Waals surface area contributed by atoms with Crippen LogP contribution in [0.15, 0.2) is 55.3 Å². The molecular weight excluding hydrogens is 551 g/mol. The summed E-state index contributed by atoms with van der Waals surface area (Å²) in [5.74, 6) is 1.11. The summed E-state index contributed by atoms with van der Waals surface area (Å²) in [6, 6.07) is 10.7. The van der Waals surface area contributed by atoms with Crippen LogP contribution < -0.4 is 30.7 Å². The Hall–Kier alpha value is -3.59. The molecule has 10 nitrogen and oxygen atoms in total. The Bertz CT molecular complexity index is 1420. The van der Waals surface area contributed by atoms with Crippen LogP contribution in [0.25, 0.3) is 0 Å². The van der Waals surface area contributed by atoms with Crippen LogP contribution in [0.4, 0.5) is 28.8 Å². The highest BCUT2D eigenvalue weighted by Crippen LogP contribution is 2.40. The van der Waals surface area contributed by atoms with Gasteiger partial charge in [0.2, 0.25) is 11.9 Å². The second kappa shape index (κ2) is 13.2. The number of likely N-dealkylation sites (tertiary alicyclic amines) is 1. The molecule has 4 rings (SSSR count). The third-order valence-electron chi connectivity index (χ3n) is 6.34. The number of halogens is 1. The third kappa shape index (κ3) is 7.53. The Morgan fingerprint density at radius 1 is 1.12 bits per heavy atom. The molecule has 0 unspecified atom stereocenters. The zero-order valence-electron chi connectivity index (χ0n) is 22.9. The fraction of sp³-hybridized carbons (Fsp3) is 0.321. The van der Waals surface area contributed by atoms with Crippen molar-refractivity contribution in [3.8, 4) is 11.5 Å². The molecule has 212 valence electrons. The van der Waals surface area contributed by atoms with Gasteiger partial charge in [-0.2, -0.15) is 4.98 Å². The molecule has 0 aliphatic carbocycles. The van der Waals surface area contributed by atoms with E-state index in [2.05, 4.69) is 37.4 Å². The number of rotatable bonds is 12. The zero-order valence-corrected chi connectivity index (χ0v) is 24.5. The molecule has 1 saturated heterocycles. The van der Waals surface area contributed by atoms with E-state index in [9.17, 15) is 9.36 Å². The van der Waals surface area contributed by atoms with Crippen molar-refractivity contribution in [1.82, 2.24) is 14.9 Å². The van der Waals surface area contributed by atoms with Gasteiger partial charge in [0, 0.05) is 17.9 Å². The van der Waals surface area contributed by atoms with Gasteiger partial charge in [-0.05, 0) is 63.5 Å². The number of anilines is 5. The molecule has 1 aliphatic rings. The number of hydrogen-bond acceptors (Lipinski definition) is 9. The van der Waals surface area contributed by atoms with Crippen LogP contribution in [0.1, 0.15) is 12.8 Å². The molecule has 0 atom stereocenters. The van der Waals surface area contributed by atoms with Crippen LogP contribution in [-0.2, 0) is 9.36 Å². The lowest BCUT2D eigenvalue weighted by Crippen LogP contribution is -2.25. The van der Waals surface area contributed by atoms with E-state index in [0.717, 1.165) is 19.6 Å². The minimum atomic E-state index is -2.56. The highest BCUT2D eigenvalue weighted by Gasteiger charge is 2.19. The van der Waals surface area contributed by atoms with Gasteiger partial charge in [-0.25, -0.2) is 4.98 Å². The van der Waals surface area contributed by atoms with E-state index in [1.165, 1.54) is 32.2 Å². The Balaban J connectivity index is 1.60. The first-order valence-electron chi connectivity index (χ1n) is 12.9. The molecule has 12 heteroatoms. The van der Waals surface area contributed by atoms with Gasteiger partial charge in [0.15, 0.2) is 5.82 Å². The molecule has 0 saturated carbocycles. The number of ether oxygens (including phenoxy) is 2. The molecule has 0 bridgehead atoms. The molecular formula is C28H34ClN6O4P. The molecule has 0 spiro atoms. The standard InChI is InChI=1S/C28H34ClN6O4P/c1-5-26(36)31-22-16-21(23(38-2)17-24(22)39-15-14-35-12-8-9-13-35)33-28-30-18-19(29)27(34-28)32-20-10-6-7-11-25(20)40(3,4)37/h5-7,10-11,16-18H,1,8-9,12-15H2,2-4H3,(H,31,36)(H2,30,32,33,34). The van der Waals surface area contributed by atoms with Gasteiger partial charge in [-0.1, -0.05) is 30.3 Å². The lowest BCUT2D eigenvalue weighted by molar-refractivity contribution is -0.111. The SMILES string of the molecule is C=CC(=O)Nc1cc(Nc2ncc(Cl)c(Nc3ccccc3P(C)(C)=O)n2)c(OC)cc1OCCN1CCCC1. The second-order valence-corrected chi connectivity index (χ2v) is 13.2. The van der Waals surface area contributed by atoms with Crippen LogP contribution in [-0.4, -0.2) is 67.5 Å². The Kier molecular flexibility index (Phi) is 9.68. The average molecular weight is 585 g/mol. The number of hydrogen-bond donors (Lipinski definition) is 3. The normalized spacial score (nSPS) is 13.5. The maximum absolute atomic E-state index is 12.8. The highest BCUT2D eigenvalue weighted by atomic mass is 35.5. The van der Waals surface area contributed by atoms with E-state index >= 15 is 0 Å². The third-order valence-corrected chi connectivity index (χ3v) is 8.16. The first-order chi connectivity index (χ1) is 19.2. The number of nitrogens with zero attached hydrogens (tertiary/aromatic N) is 3. The molecule has 3 N–H and O–H groups in total. The molecule has 2 aromatic carbocycles. The van der Waals surface area contributed by atoms with Crippen molar-refractivity contribution in [1.29, 1.82) is 0 Å². The van der Waals surface area contributed by atoms with Gasteiger partial charge in [-0.15, -0.1) is 0 Å². The van der Waals surface area contributed by atoms with Gasteiger partial charge in [-0.3, -0.25) is 9.69 Å². The zero-order chi connectivity index (χ0) is 28.7.